The Balaban J connectivity index is 1.02. The fourth-order valence-electron chi connectivity index (χ4n) is 11.9. The second-order valence-electron chi connectivity index (χ2n) is 17.9. The summed E-state index contributed by atoms with van der Waals surface area (Å²) in [4.78, 5) is 2.48. The predicted molar refractivity (Wildman–Crippen MR) is 276 cm³/mol. The molecule has 0 saturated carbocycles. The molecule has 0 heterocycles. The number of benzene rings is 11. The van der Waals surface area contributed by atoms with Crippen LogP contribution >= 0.6 is 0 Å². The average Bonchev–Trinajstić information content (AvgIpc) is 3.86. The van der Waals surface area contributed by atoms with Gasteiger partial charge in [0.15, 0.2) is 0 Å². The van der Waals surface area contributed by atoms with Gasteiger partial charge in [0.2, 0.25) is 0 Å². The summed E-state index contributed by atoms with van der Waals surface area (Å²) in [6.07, 6.45) is 0. The summed E-state index contributed by atoms with van der Waals surface area (Å²) in [7, 11) is 0. The van der Waals surface area contributed by atoms with Crippen LogP contribution in [-0.4, -0.2) is 0 Å². The Morgan fingerprint density at radius 3 is 1.14 bits per heavy atom. The molecule has 0 bridgehead atoms. The summed E-state index contributed by atoms with van der Waals surface area (Å²) >= 11 is 0. The zero-order chi connectivity index (χ0) is 43.3. The highest BCUT2D eigenvalue weighted by atomic mass is 15.1. The summed E-state index contributed by atoms with van der Waals surface area (Å²) in [5, 5.41) is 2.50. The minimum Gasteiger partial charge on any atom is -0.310 e. The minimum absolute atomic E-state index is 0.457. The molecule has 11 aromatic rings. The topological polar surface area (TPSA) is 3.24 Å². The van der Waals surface area contributed by atoms with E-state index in [2.05, 4.69) is 254 Å². The Kier molecular flexibility index (Phi) is 7.97. The van der Waals surface area contributed by atoms with Crippen LogP contribution in [0.5, 0.6) is 0 Å². The van der Waals surface area contributed by atoms with Gasteiger partial charge in [0.1, 0.15) is 0 Å². The lowest BCUT2D eigenvalue weighted by Crippen LogP contribution is -2.26. The Bertz CT molecular complexity index is 3700. The van der Waals surface area contributed by atoms with E-state index >= 15 is 0 Å². The summed E-state index contributed by atoms with van der Waals surface area (Å²) < 4.78 is 0. The van der Waals surface area contributed by atoms with E-state index in [0.717, 1.165) is 17.1 Å². The monoisotopic (exact) mass is 835 g/mol. The zero-order valence-corrected chi connectivity index (χ0v) is 36.1. The molecule has 0 aliphatic heterocycles. The van der Waals surface area contributed by atoms with Crippen molar-refractivity contribution in [1.82, 2.24) is 0 Å². The fraction of sp³-hybridized carbons (Fsp3) is 0.0154. The quantitative estimate of drug-likeness (QED) is 0.171. The largest absolute Gasteiger partial charge is 0.310 e. The third-order valence-electron chi connectivity index (χ3n) is 14.7. The molecular formula is C65H41N. The van der Waals surface area contributed by atoms with Gasteiger partial charge < -0.3 is 4.90 Å². The lowest BCUT2D eigenvalue weighted by atomic mass is 9.70. The van der Waals surface area contributed by atoms with E-state index in [1.54, 1.807) is 0 Å². The van der Waals surface area contributed by atoms with Crippen LogP contribution in [0.15, 0.2) is 249 Å². The molecule has 1 heteroatoms. The minimum atomic E-state index is -0.457. The van der Waals surface area contributed by atoms with Crippen molar-refractivity contribution in [2.24, 2.45) is 0 Å². The molecule has 0 amide bonds. The van der Waals surface area contributed by atoms with Crippen molar-refractivity contribution in [1.29, 1.82) is 0 Å². The Hall–Kier alpha value is -8.52. The molecule has 0 fully saturated rings. The lowest BCUT2D eigenvalue weighted by molar-refractivity contribution is 0.793. The van der Waals surface area contributed by atoms with Crippen LogP contribution in [0.2, 0.25) is 0 Å². The summed E-state index contributed by atoms with van der Waals surface area (Å²) in [6.45, 7) is 0. The molecule has 1 nitrogen and oxygen atoms in total. The van der Waals surface area contributed by atoms with E-state index in [1.165, 1.54) is 111 Å². The van der Waals surface area contributed by atoms with Crippen LogP contribution in [0.25, 0.3) is 88.7 Å². The Morgan fingerprint density at radius 2 is 0.591 bits per heavy atom. The maximum atomic E-state index is 2.50. The Labute approximate surface area is 385 Å². The molecule has 0 aromatic heterocycles. The van der Waals surface area contributed by atoms with E-state index in [1.807, 2.05) is 0 Å². The first kappa shape index (κ1) is 36.9. The summed E-state index contributed by atoms with van der Waals surface area (Å²) in [5.41, 5.74) is 25.7. The van der Waals surface area contributed by atoms with Gasteiger partial charge in [-0.3, -0.25) is 0 Å². The van der Waals surface area contributed by atoms with Crippen LogP contribution in [-0.2, 0) is 5.41 Å². The lowest BCUT2D eigenvalue weighted by Gasteiger charge is -2.32. The van der Waals surface area contributed by atoms with Crippen LogP contribution in [0.4, 0.5) is 17.1 Å². The molecule has 3 aliphatic carbocycles. The van der Waals surface area contributed by atoms with Crippen molar-refractivity contribution in [3.8, 4) is 77.9 Å². The molecule has 1 spiro atoms. The van der Waals surface area contributed by atoms with Crippen LogP contribution in [0, 0.1) is 0 Å². The molecule has 0 unspecified atom stereocenters. The second-order valence-corrected chi connectivity index (χ2v) is 17.9. The van der Waals surface area contributed by atoms with Crippen molar-refractivity contribution in [2.75, 3.05) is 4.90 Å². The summed E-state index contributed by atoms with van der Waals surface area (Å²) in [5.74, 6) is 0. The maximum Gasteiger partial charge on any atom is 0.0726 e. The first-order chi connectivity index (χ1) is 32.8. The van der Waals surface area contributed by atoms with Crippen molar-refractivity contribution >= 4 is 27.8 Å². The Morgan fingerprint density at radius 1 is 0.227 bits per heavy atom. The number of rotatable bonds is 4. The fourth-order valence-corrected chi connectivity index (χ4v) is 11.9. The third-order valence-corrected chi connectivity index (χ3v) is 14.7. The maximum absolute atomic E-state index is 2.50. The molecule has 3 aliphatic rings. The van der Waals surface area contributed by atoms with Crippen LogP contribution in [0.3, 0.4) is 0 Å². The van der Waals surface area contributed by atoms with E-state index in [9.17, 15) is 0 Å². The predicted octanol–water partition coefficient (Wildman–Crippen LogP) is 17.3. The molecule has 306 valence electrons. The van der Waals surface area contributed by atoms with E-state index < -0.39 is 5.41 Å². The van der Waals surface area contributed by atoms with Gasteiger partial charge in [0, 0.05) is 17.1 Å². The van der Waals surface area contributed by atoms with Crippen LogP contribution < -0.4 is 4.90 Å². The molecule has 0 radical (unpaired) electrons. The van der Waals surface area contributed by atoms with Crippen molar-refractivity contribution < 1.29 is 0 Å². The second kappa shape index (κ2) is 14.2. The average molecular weight is 836 g/mol. The van der Waals surface area contributed by atoms with Gasteiger partial charge >= 0.3 is 0 Å². The van der Waals surface area contributed by atoms with Crippen LogP contribution in [0.1, 0.15) is 22.3 Å². The zero-order valence-electron chi connectivity index (χ0n) is 36.1. The number of hydrogen-bond donors (Lipinski definition) is 0. The molecule has 66 heavy (non-hydrogen) atoms. The summed E-state index contributed by atoms with van der Waals surface area (Å²) in [6, 6.07) is 92.9. The van der Waals surface area contributed by atoms with Crippen molar-refractivity contribution in [2.45, 2.75) is 5.41 Å². The first-order valence-corrected chi connectivity index (χ1v) is 23.0. The van der Waals surface area contributed by atoms with Gasteiger partial charge in [-0.15, -0.1) is 0 Å². The number of fused-ring (bicyclic) bond motifs is 19. The molecule has 0 atom stereocenters. The van der Waals surface area contributed by atoms with E-state index in [-0.39, 0.29) is 0 Å². The third kappa shape index (κ3) is 5.17. The van der Waals surface area contributed by atoms with Gasteiger partial charge in [0.05, 0.1) is 5.41 Å². The first-order valence-electron chi connectivity index (χ1n) is 23.0. The van der Waals surface area contributed by atoms with Crippen molar-refractivity contribution in [3.63, 3.8) is 0 Å². The van der Waals surface area contributed by atoms with Crippen molar-refractivity contribution in [3.05, 3.63) is 271 Å². The van der Waals surface area contributed by atoms with Gasteiger partial charge in [-0.05, 0) is 147 Å². The van der Waals surface area contributed by atoms with E-state index in [4.69, 9.17) is 0 Å². The smallest absolute Gasteiger partial charge is 0.0726 e. The SMILES string of the molecule is c1ccc2c(c1)-c1ccccc1-c1ccc(N(c3ccc(-c4cccc5ccccc45)cc3)c3ccc4c(c3)C3(c5ccccc5-c5ccccc53)c3ccccc3-4)cc1-c1ccccc1-2. The van der Waals surface area contributed by atoms with Gasteiger partial charge in [0.25, 0.3) is 0 Å². The number of hydrogen-bond acceptors (Lipinski definition) is 1. The molecular weight excluding hydrogens is 795 g/mol. The highest BCUT2D eigenvalue weighted by Gasteiger charge is 2.51. The highest BCUT2D eigenvalue weighted by molar-refractivity contribution is 6.05. The number of anilines is 3. The number of nitrogens with zero attached hydrogens (tertiary/aromatic N) is 1. The normalized spacial score (nSPS) is 13.0. The molecule has 0 N–H and O–H groups in total. The van der Waals surface area contributed by atoms with Gasteiger partial charge in [-0.25, -0.2) is 0 Å². The van der Waals surface area contributed by atoms with Gasteiger partial charge in [-0.1, -0.05) is 212 Å². The molecule has 11 aromatic carbocycles. The molecule has 0 saturated heterocycles. The highest BCUT2D eigenvalue weighted by Crippen LogP contribution is 2.63. The van der Waals surface area contributed by atoms with Gasteiger partial charge in [-0.2, -0.15) is 0 Å². The molecule has 14 rings (SSSR count). The van der Waals surface area contributed by atoms with E-state index in [0.29, 0.717) is 0 Å². The standard InChI is InChI=1S/C65H41N/c1-2-18-47-42(16-1)17-15-28-48(47)43-32-34-44(35-33-43)66(45-36-38-55-53-23-6-5-21-51(53)49-19-3-4-20-50(49)52-22-7-8-24-54(52)60(55)40-45)46-37-39-59-58-27-11-14-31-63(58)65(64(59)41-46)61-29-12-9-25-56(61)57-26-10-13-30-62(57)65/h1-41H.